The Balaban J connectivity index is 2.14. The summed E-state index contributed by atoms with van der Waals surface area (Å²) in [6.07, 6.45) is 3.89. The minimum absolute atomic E-state index is 0.00677. The molecule has 1 saturated heterocycles. The first-order valence-electron chi connectivity index (χ1n) is 4.88. The van der Waals surface area contributed by atoms with Gasteiger partial charge in [-0.25, -0.2) is 0 Å². The van der Waals surface area contributed by atoms with Crippen molar-refractivity contribution in [3.8, 4) is 0 Å². The molecule has 1 aliphatic heterocycles. The van der Waals surface area contributed by atoms with Gasteiger partial charge in [0.2, 0.25) is 5.91 Å². The van der Waals surface area contributed by atoms with Crippen LogP contribution in [0.3, 0.4) is 0 Å². The number of para-hydroxylation sites is 1. The maximum atomic E-state index is 10.7. The molecule has 0 radical (unpaired) electrons. The summed E-state index contributed by atoms with van der Waals surface area (Å²) in [4.78, 5) is 20.9. The quantitative estimate of drug-likeness (QED) is 0.474. The maximum absolute atomic E-state index is 10.7. The second kappa shape index (κ2) is 4.14. The molecule has 0 bridgehead atoms. The van der Waals surface area contributed by atoms with Crippen LogP contribution in [-0.4, -0.2) is 16.9 Å². The second-order valence-corrected chi connectivity index (χ2v) is 3.55. The fourth-order valence-corrected chi connectivity index (χ4v) is 1.52. The van der Waals surface area contributed by atoms with Gasteiger partial charge in [0, 0.05) is 6.07 Å². The van der Waals surface area contributed by atoms with Crippen LogP contribution in [0.4, 0.5) is 5.69 Å². The van der Waals surface area contributed by atoms with E-state index in [1.165, 1.54) is 6.07 Å². The fraction of sp³-hybridized carbons (Fsp3) is 0.182. The number of carbonyl (C=O) groups is 1. The van der Waals surface area contributed by atoms with Crippen molar-refractivity contribution in [1.29, 1.82) is 0 Å². The second-order valence-electron chi connectivity index (χ2n) is 3.55. The van der Waals surface area contributed by atoms with Crippen molar-refractivity contribution in [2.24, 2.45) is 0 Å². The predicted molar refractivity (Wildman–Crippen MR) is 58.7 cm³/mol. The van der Waals surface area contributed by atoms with Gasteiger partial charge in [0.25, 0.3) is 5.69 Å². The van der Waals surface area contributed by atoms with Crippen molar-refractivity contribution >= 4 is 17.7 Å². The number of nitrogens with zero attached hydrogens (tertiary/aromatic N) is 1. The molecule has 1 N–H and O–H groups in total. The summed E-state index contributed by atoms with van der Waals surface area (Å²) in [7, 11) is 0. The molecule has 1 fully saturated rings. The van der Waals surface area contributed by atoms with E-state index in [9.17, 15) is 14.9 Å². The van der Waals surface area contributed by atoms with Crippen molar-refractivity contribution in [2.45, 2.75) is 12.5 Å². The molecule has 1 amide bonds. The van der Waals surface area contributed by atoms with Crippen LogP contribution in [0.1, 0.15) is 12.0 Å². The maximum Gasteiger partial charge on any atom is 0.276 e. The SMILES string of the molecule is O=C1CC(/C=C/c2ccccc2[N+](=O)[O-])N1. The van der Waals surface area contributed by atoms with Crippen LogP contribution in [0.15, 0.2) is 30.3 Å². The van der Waals surface area contributed by atoms with E-state index < -0.39 is 4.92 Å². The van der Waals surface area contributed by atoms with Gasteiger partial charge in [-0.15, -0.1) is 0 Å². The van der Waals surface area contributed by atoms with E-state index in [1.54, 1.807) is 30.4 Å². The van der Waals surface area contributed by atoms with Gasteiger partial charge in [0.1, 0.15) is 0 Å². The number of benzene rings is 1. The topological polar surface area (TPSA) is 72.2 Å². The van der Waals surface area contributed by atoms with Crippen LogP contribution in [-0.2, 0) is 4.79 Å². The number of rotatable bonds is 3. The van der Waals surface area contributed by atoms with Gasteiger partial charge < -0.3 is 5.32 Å². The van der Waals surface area contributed by atoms with E-state index >= 15 is 0 Å². The normalized spacial score (nSPS) is 19.2. The molecule has 1 unspecified atom stereocenters. The Morgan fingerprint density at radius 3 is 2.75 bits per heavy atom. The summed E-state index contributed by atoms with van der Waals surface area (Å²) >= 11 is 0. The third kappa shape index (κ3) is 2.08. The molecule has 0 spiro atoms. The minimum Gasteiger partial charge on any atom is -0.349 e. The van der Waals surface area contributed by atoms with E-state index in [0.717, 1.165) is 0 Å². The lowest BCUT2D eigenvalue weighted by molar-refractivity contribution is -0.385. The molecule has 0 saturated carbocycles. The molecule has 1 heterocycles. The zero-order chi connectivity index (χ0) is 11.5. The van der Waals surface area contributed by atoms with E-state index in [1.807, 2.05) is 0 Å². The van der Waals surface area contributed by atoms with Gasteiger partial charge >= 0.3 is 0 Å². The lowest BCUT2D eigenvalue weighted by Gasteiger charge is -2.23. The molecule has 1 aliphatic rings. The number of amides is 1. The number of nitro groups is 1. The van der Waals surface area contributed by atoms with Gasteiger partial charge in [-0.05, 0) is 6.07 Å². The zero-order valence-corrected chi connectivity index (χ0v) is 8.42. The van der Waals surface area contributed by atoms with Gasteiger partial charge in [-0.2, -0.15) is 0 Å². The highest BCUT2D eigenvalue weighted by Gasteiger charge is 2.22. The monoisotopic (exact) mass is 218 g/mol. The number of nitro benzene ring substituents is 1. The standard InChI is InChI=1S/C11H10N2O3/c14-11-7-9(12-11)6-5-8-3-1-2-4-10(8)13(15)16/h1-6,9H,7H2,(H,12,14)/b6-5+. The summed E-state index contributed by atoms with van der Waals surface area (Å²) in [5.74, 6) is 0.0113. The Hall–Kier alpha value is -2.17. The predicted octanol–water partition coefficient (Wildman–Crippen LogP) is 1.50. The van der Waals surface area contributed by atoms with Crippen LogP contribution >= 0.6 is 0 Å². The first kappa shape index (κ1) is 10.4. The highest BCUT2D eigenvalue weighted by molar-refractivity contribution is 5.84. The van der Waals surface area contributed by atoms with Crippen LogP contribution in [0.2, 0.25) is 0 Å². The molecule has 5 nitrogen and oxygen atoms in total. The zero-order valence-electron chi connectivity index (χ0n) is 8.42. The van der Waals surface area contributed by atoms with Gasteiger partial charge in [-0.1, -0.05) is 24.3 Å². The smallest absolute Gasteiger partial charge is 0.276 e. The summed E-state index contributed by atoms with van der Waals surface area (Å²) in [6.45, 7) is 0. The number of β-lactam (4-membered cyclic amide) rings is 1. The Bertz CT molecular complexity index is 460. The number of hydrogen-bond donors (Lipinski definition) is 1. The molecule has 1 aromatic carbocycles. The van der Waals surface area contributed by atoms with Gasteiger partial charge in [0.05, 0.1) is 22.9 Å². The van der Waals surface area contributed by atoms with Crippen molar-refractivity contribution in [1.82, 2.24) is 5.32 Å². The molecule has 2 rings (SSSR count). The van der Waals surface area contributed by atoms with Crippen molar-refractivity contribution < 1.29 is 9.72 Å². The molecule has 0 aliphatic carbocycles. The molecule has 16 heavy (non-hydrogen) atoms. The van der Waals surface area contributed by atoms with Crippen molar-refractivity contribution in [3.63, 3.8) is 0 Å². The van der Waals surface area contributed by atoms with Crippen molar-refractivity contribution in [2.75, 3.05) is 0 Å². The fourth-order valence-electron chi connectivity index (χ4n) is 1.52. The number of nitrogens with one attached hydrogen (secondary N) is 1. The lowest BCUT2D eigenvalue weighted by atomic mass is 10.0. The minimum atomic E-state index is -0.418. The van der Waals surface area contributed by atoms with Crippen LogP contribution in [0.5, 0.6) is 0 Å². The van der Waals surface area contributed by atoms with Crippen molar-refractivity contribution in [3.05, 3.63) is 46.0 Å². The molecular formula is C11H10N2O3. The Kier molecular flexibility index (Phi) is 2.68. The number of hydrogen-bond acceptors (Lipinski definition) is 3. The van der Waals surface area contributed by atoms with Gasteiger partial charge in [0.15, 0.2) is 0 Å². The Morgan fingerprint density at radius 1 is 1.44 bits per heavy atom. The average molecular weight is 218 g/mol. The highest BCUT2D eigenvalue weighted by Crippen LogP contribution is 2.20. The molecule has 1 atom stereocenters. The summed E-state index contributed by atoms with van der Waals surface area (Å²) in [5, 5.41) is 13.4. The van der Waals surface area contributed by atoms with E-state index in [2.05, 4.69) is 5.32 Å². The third-order valence-electron chi connectivity index (χ3n) is 2.39. The summed E-state index contributed by atoms with van der Waals surface area (Å²) < 4.78 is 0. The van der Waals surface area contributed by atoms with Crippen LogP contribution < -0.4 is 5.32 Å². The van der Waals surface area contributed by atoms with E-state index in [0.29, 0.717) is 12.0 Å². The largest absolute Gasteiger partial charge is 0.349 e. The first-order chi connectivity index (χ1) is 7.66. The Morgan fingerprint density at radius 2 is 2.12 bits per heavy atom. The summed E-state index contributed by atoms with van der Waals surface area (Å²) in [5.41, 5.74) is 0.623. The van der Waals surface area contributed by atoms with E-state index in [4.69, 9.17) is 0 Å². The van der Waals surface area contributed by atoms with Crippen LogP contribution in [0, 0.1) is 10.1 Å². The molecule has 82 valence electrons. The van der Waals surface area contributed by atoms with Crippen LogP contribution in [0.25, 0.3) is 6.08 Å². The Labute approximate surface area is 91.9 Å². The molecular weight excluding hydrogens is 208 g/mol. The lowest BCUT2D eigenvalue weighted by Crippen LogP contribution is -2.46. The molecule has 0 aromatic heterocycles. The first-order valence-corrected chi connectivity index (χ1v) is 4.88. The van der Waals surface area contributed by atoms with Gasteiger partial charge in [-0.3, -0.25) is 14.9 Å². The average Bonchev–Trinajstić information content (AvgIpc) is 2.23. The van der Waals surface area contributed by atoms with E-state index in [-0.39, 0.29) is 17.6 Å². The number of carbonyl (C=O) groups excluding carboxylic acids is 1. The molecule has 5 heteroatoms. The third-order valence-corrected chi connectivity index (χ3v) is 2.39. The molecule has 1 aromatic rings. The highest BCUT2D eigenvalue weighted by atomic mass is 16.6. The summed E-state index contributed by atoms with van der Waals surface area (Å²) in [6, 6.07) is 6.51.